The van der Waals surface area contributed by atoms with Crippen LogP contribution in [0, 0.1) is 5.92 Å². The number of anilines is 1. The normalized spacial score (nSPS) is 18.1. The van der Waals surface area contributed by atoms with Crippen molar-refractivity contribution in [3.63, 3.8) is 0 Å². The number of halogens is 1. The summed E-state index contributed by atoms with van der Waals surface area (Å²) in [5.74, 6) is 0.150. The number of hydrogen-bond acceptors (Lipinski definition) is 3. The van der Waals surface area contributed by atoms with Crippen LogP contribution in [0.25, 0.3) is 11.0 Å². The number of amides is 2. The van der Waals surface area contributed by atoms with Gasteiger partial charge in [-0.05, 0) is 47.1 Å². The fourth-order valence-electron chi connectivity index (χ4n) is 3.36. The minimum Gasteiger partial charge on any atom is -0.346 e. The van der Waals surface area contributed by atoms with Gasteiger partial charge in [-0.25, -0.2) is 4.98 Å². The van der Waals surface area contributed by atoms with Gasteiger partial charge in [-0.15, -0.1) is 0 Å². The minimum absolute atomic E-state index is 0.0431. The molecule has 2 amide bonds. The van der Waals surface area contributed by atoms with E-state index in [1.165, 1.54) is 0 Å². The second kappa shape index (κ2) is 7.15. The molecule has 0 saturated carbocycles. The van der Waals surface area contributed by atoms with Crippen LogP contribution in [0.3, 0.4) is 0 Å². The molecule has 1 saturated heterocycles. The van der Waals surface area contributed by atoms with Gasteiger partial charge in [0.05, 0.1) is 28.7 Å². The number of nitrogens with zero attached hydrogens (tertiary/aromatic N) is 2. The molecular weight excluding hydrogens is 408 g/mol. The van der Waals surface area contributed by atoms with E-state index in [1.807, 2.05) is 55.5 Å². The first-order valence-electron chi connectivity index (χ1n) is 8.83. The van der Waals surface area contributed by atoms with Crippen molar-refractivity contribution in [3.05, 3.63) is 58.8 Å². The van der Waals surface area contributed by atoms with Gasteiger partial charge >= 0.3 is 0 Å². The zero-order valence-electron chi connectivity index (χ0n) is 14.8. The van der Waals surface area contributed by atoms with E-state index in [9.17, 15) is 9.59 Å². The summed E-state index contributed by atoms with van der Waals surface area (Å²) in [6, 6.07) is 15.0. The lowest BCUT2D eigenvalue weighted by Gasteiger charge is -2.19. The summed E-state index contributed by atoms with van der Waals surface area (Å²) in [6.45, 7) is 2.26. The zero-order valence-corrected chi connectivity index (χ0v) is 16.4. The van der Waals surface area contributed by atoms with Gasteiger partial charge in [0.1, 0.15) is 5.82 Å². The van der Waals surface area contributed by atoms with Crippen molar-refractivity contribution >= 4 is 44.5 Å². The number of nitrogens with one attached hydrogen (secondary N) is 2. The molecule has 0 aliphatic carbocycles. The molecular formula is C20H19BrN4O2. The third kappa shape index (κ3) is 3.47. The monoisotopic (exact) mass is 426 g/mol. The molecule has 2 atom stereocenters. The number of rotatable bonds is 4. The fourth-order valence-corrected chi connectivity index (χ4v) is 3.86. The van der Waals surface area contributed by atoms with Gasteiger partial charge in [0, 0.05) is 17.4 Å². The van der Waals surface area contributed by atoms with Crippen LogP contribution in [0.5, 0.6) is 0 Å². The number of imidazole rings is 1. The highest BCUT2D eigenvalue weighted by molar-refractivity contribution is 9.10. The molecule has 7 heteroatoms. The first-order chi connectivity index (χ1) is 13.0. The molecule has 27 heavy (non-hydrogen) atoms. The standard InChI is InChI=1S/C20H19BrN4O2/c1-12(19-23-15-7-3-4-8-16(15)24-19)22-20(27)13-10-18(26)25(11-13)17-9-5-2-6-14(17)21/h2-9,12-13H,10-11H2,1H3,(H,22,27)(H,23,24)/t12-,13-/m0/s1. The van der Waals surface area contributed by atoms with Crippen molar-refractivity contribution in [1.82, 2.24) is 15.3 Å². The Morgan fingerprint density at radius 3 is 2.78 bits per heavy atom. The molecule has 1 aliphatic rings. The van der Waals surface area contributed by atoms with E-state index < -0.39 is 0 Å². The first kappa shape index (κ1) is 17.7. The van der Waals surface area contributed by atoms with Crippen LogP contribution in [0.4, 0.5) is 5.69 Å². The van der Waals surface area contributed by atoms with Crippen LogP contribution in [0.2, 0.25) is 0 Å². The lowest BCUT2D eigenvalue weighted by Crippen LogP contribution is -2.35. The number of benzene rings is 2. The van der Waals surface area contributed by atoms with Crippen LogP contribution in [0.1, 0.15) is 25.2 Å². The molecule has 2 aromatic carbocycles. The average molecular weight is 427 g/mol. The van der Waals surface area contributed by atoms with Gasteiger partial charge in [0.25, 0.3) is 0 Å². The Kier molecular flexibility index (Phi) is 4.70. The summed E-state index contributed by atoms with van der Waals surface area (Å²) < 4.78 is 0.843. The van der Waals surface area contributed by atoms with E-state index >= 15 is 0 Å². The summed E-state index contributed by atoms with van der Waals surface area (Å²) in [7, 11) is 0. The highest BCUT2D eigenvalue weighted by Crippen LogP contribution is 2.31. The number of para-hydroxylation sites is 3. The number of fused-ring (bicyclic) bond motifs is 1. The minimum atomic E-state index is -0.378. The van der Waals surface area contributed by atoms with E-state index in [0.717, 1.165) is 21.2 Å². The third-order valence-electron chi connectivity index (χ3n) is 4.82. The number of aromatic amines is 1. The van der Waals surface area contributed by atoms with Gasteiger partial charge < -0.3 is 15.2 Å². The quantitative estimate of drug-likeness (QED) is 0.669. The second-order valence-corrected chi connectivity index (χ2v) is 7.58. The first-order valence-corrected chi connectivity index (χ1v) is 9.62. The molecule has 4 rings (SSSR count). The van der Waals surface area contributed by atoms with E-state index in [4.69, 9.17) is 0 Å². The van der Waals surface area contributed by atoms with Gasteiger partial charge in [0.2, 0.25) is 11.8 Å². The molecule has 2 N–H and O–H groups in total. The number of aromatic nitrogens is 2. The smallest absolute Gasteiger partial charge is 0.227 e. The van der Waals surface area contributed by atoms with Gasteiger partial charge in [-0.2, -0.15) is 0 Å². The Bertz CT molecular complexity index is 983. The highest BCUT2D eigenvalue weighted by atomic mass is 79.9. The molecule has 138 valence electrons. The summed E-state index contributed by atoms with van der Waals surface area (Å²) >= 11 is 3.47. The molecule has 0 radical (unpaired) electrons. The number of carbonyl (C=O) groups is 2. The fraction of sp³-hybridized carbons (Fsp3) is 0.250. The number of carbonyl (C=O) groups excluding carboxylic acids is 2. The summed E-state index contributed by atoms with van der Waals surface area (Å²) in [5.41, 5.74) is 2.60. The van der Waals surface area contributed by atoms with E-state index in [2.05, 4.69) is 31.2 Å². The highest BCUT2D eigenvalue weighted by Gasteiger charge is 2.36. The van der Waals surface area contributed by atoms with Crippen LogP contribution in [-0.4, -0.2) is 28.3 Å². The molecule has 2 heterocycles. The van der Waals surface area contributed by atoms with Gasteiger partial charge in [0.15, 0.2) is 0 Å². The second-order valence-electron chi connectivity index (χ2n) is 6.73. The summed E-state index contributed by atoms with van der Waals surface area (Å²) in [6.07, 6.45) is 0.208. The Hall–Kier alpha value is -2.67. The van der Waals surface area contributed by atoms with Crippen LogP contribution in [0.15, 0.2) is 53.0 Å². The van der Waals surface area contributed by atoms with Gasteiger partial charge in [-0.1, -0.05) is 24.3 Å². The van der Waals surface area contributed by atoms with Crippen molar-refractivity contribution in [1.29, 1.82) is 0 Å². The van der Waals surface area contributed by atoms with Crippen molar-refractivity contribution in [2.45, 2.75) is 19.4 Å². The van der Waals surface area contributed by atoms with Crippen molar-refractivity contribution < 1.29 is 9.59 Å². The molecule has 6 nitrogen and oxygen atoms in total. The summed E-state index contributed by atoms with van der Waals surface area (Å²) in [5, 5.41) is 2.98. The molecule has 1 aromatic heterocycles. The van der Waals surface area contributed by atoms with E-state index in [-0.39, 0.29) is 30.2 Å². The lowest BCUT2D eigenvalue weighted by molar-refractivity contribution is -0.126. The Morgan fingerprint density at radius 1 is 1.26 bits per heavy atom. The maximum Gasteiger partial charge on any atom is 0.227 e. The predicted molar refractivity (Wildman–Crippen MR) is 107 cm³/mol. The van der Waals surface area contributed by atoms with Crippen LogP contribution in [-0.2, 0) is 9.59 Å². The maximum absolute atomic E-state index is 12.7. The Labute approximate surface area is 165 Å². The lowest BCUT2D eigenvalue weighted by atomic mass is 10.1. The largest absolute Gasteiger partial charge is 0.346 e. The Morgan fingerprint density at radius 2 is 2.00 bits per heavy atom. The molecule has 1 fully saturated rings. The molecule has 0 bridgehead atoms. The van der Waals surface area contributed by atoms with E-state index in [0.29, 0.717) is 12.4 Å². The number of H-pyrrole nitrogens is 1. The number of hydrogen-bond donors (Lipinski definition) is 2. The molecule has 1 aliphatic heterocycles. The van der Waals surface area contributed by atoms with Crippen molar-refractivity contribution in [2.75, 3.05) is 11.4 Å². The third-order valence-corrected chi connectivity index (χ3v) is 5.49. The maximum atomic E-state index is 12.7. The summed E-state index contributed by atoms with van der Waals surface area (Å²) in [4.78, 5) is 34.6. The average Bonchev–Trinajstić information content (AvgIpc) is 3.26. The van der Waals surface area contributed by atoms with Crippen LogP contribution >= 0.6 is 15.9 Å². The molecule has 0 spiro atoms. The van der Waals surface area contributed by atoms with Gasteiger partial charge in [-0.3, -0.25) is 9.59 Å². The SMILES string of the molecule is C[C@H](NC(=O)[C@H]1CC(=O)N(c2ccccc2Br)C1)c1nc2ccccc2[nH]1. The topological polar surface area (TPSA) is 78.1 Å². The van der Waals surface area contributed by atoms with E-state index in [1.54, 1.807) is 4.90 Å². The van der Waals surface area contributed by atoms with Crippen molar-refractivity contribution in [2.24, 2.45) is 5.92 Å². The molecule has 3 aromatic rings. The predicted octanol–water partition coefficient (Wildman–Crippen LogP) is 3.56. The zero-order chi connectivity index (χ0) is 19.0. The van der Waals surface area contributed by atoms with Crippen LogP contribution < -0.4 is 10.2 Å². The van der Waals surface area contributed by atoms with Crippen molar-refractivity contribution in [3.8, 4) is 0 Å². The molecule has 0 unspecified atom stereocenters. The Balaban J connectivity index is 1.45.